The smallest absolute Gasteiger partial charge is 0.416 e. The largest absolute Gasteiger partial charge is 0.504 e. The predicted molar refractivity (Wildman–Crippen MR) is 153 cm³/mol. The van der Waals surface area contributed by atoms with E-state index < -0.39 is 28.9 Å². The summed E-state index contributed by atoms with van der Waals surface area (Å²) in [6, 6.07) is 7.93. The average Bonchev–Trinajstić information content (AvgIpc) is 3.31. The van der Waals surface area contributed by atoms with Gasteiger partial charge in [-0.25, -0.2) is 0 Å². The average molecular weight is 583 g/mol. The maximum absolute atomic E-state index is 13.8. The minimum atomic E-state index is -4.47. The number of rotatable bonds is 8. The van der Waals surface area contributed by atoms with Gasteiger partial charge in [-0.1, -0.05) is 37.6 Å². The zero-order valence-corrected chi connectivity index (χ0v) is 23.7. The van der Waals surface area contributed by atoms with Crippen molar-refractivity contribution in [3.63, 3.8) is 0 Å². The van der Waals surface area contributed by atoms with Gasteiger partial charge in [-0.05, 0) is 74.1 Å². The third-order valence-corrected chi connectivity index (χ3v) is 9.97. The lowest BCUT2D eigenvalue weighted by Gasteiger charge is -2.64. The second-order valence-corrected chi connectivity index (χ2v) is 12.1. The molecule has 2 aliphatic carbocycles. The molecule has 1 spiro atoms. The van der Waals surface area contributed by atoms with Gasteiger partial charge in [0.05, 0.1) is 22.6 Å². The summed E-state index contributed by atoms with van der Waals surface area (Å²) in [6.45, 7) is 7.77. The van der Waals surface area contributed by atoms with Gasteiger partial charge in [-0.3, -0.25) is 9.69 Å². The SMILES string of the molecule is C=CCN1CC[C@]23c4c5ccc(O)c4OC2C(N(CCCC)C(=O)/C=C/c2cccc(C(F)(F)F)c2)CC[C@@]3(O)[C@H]1C5. The second-order valence-electron chi connectivity index (χ2n) is 12.1. The third kappa shape index (κ3) is 4.27. The van der Waals surface area contributed by atoms with Gasteiger partial charge < -0.3 is 19.8 Å². The first-order valence-electron chi connectivity index (χ1n) is 14.8. The Balaban J connectivity index is 1.38. The minimum Gasteiger partial charge on any atom is -0.504 e. The molecule has 1 saturated carbocycles. The van der Waals surface area contributed by atoms with Crippen LogP contribution in [0.3, 0.4) is 0 Å². The second kappa shape index (κ2) is 10.5. The maximum atomic E-state index is 13.8. The molecule has 2 aromatic carbocycles. The molecule has 2 aliphatic heterocycles. The highest BCUT2D eigenvalue weighted by atomic mass is 19.4. The molecule has 5 atom stereocenters. The quantitative estimate of drug-likeness (QED) is 0.320. The highest BCUT2D eigenvalue weighted by Gasteiger charge is 2.73. The number of halogens is 3. The zero-order valence-electron chi connectivity index (χ0n) is 23.7. The Morgan fingerprint density at radius 2 is 2.07 bits per heavy atom. The molecular weight excluding hydrogens is 545 g/mol. The lowest BCUT2D eigenvalue weighted by molar-refractivity contribution is -0.199. The number of likely N-dealkylation sites (tertiary alicyclic amines) is 1. The van der Waals surface area contributed by atoms with E-state index in [9.17, 15) is 28.2 Å². The fraction of sp³-hybridized carbons (Fsp3) is 0.485. The van der Waals surface area contributed by atoms with Gasteiger partial charge in [0.2, 0.25) is 5.91 Å². The number of piperidine rings is 1. The number of carbonyl (C=O) groups is 1. The van der Waals surface area contributed by atoms with Gasteiger partial charge in [0, 0.05) is 30.8 Å². The van der Waals surface area contributed by atoms with E-state index in [0.717, 1.165) is 42.6 Å². The third-order valence-electron chi connectivity index (χ3n) is 9.97. The number of aliphatic hydroxyl groups is 1. The Hall–Kier alpha value is -3.30. The monoisotopic (exact) mass is 582 g/mol. The van der Waals surface area contributed by atoms with Gasteiger partial charge in [0.25, 0.3) is 0 Å². The number of ether oxygens (including phenoxy) is 1. The number of alkyl halides is 3. The van der Waals surface area contributed by atoms with Gasteiger partial charge in [0.1, 0.15) is 6.10 Å². The molecule has 9 heteroatoms. The first-order chi connectivity index (χ1) is 20.0. The standard InChI is InChI=1S/C33H37F3N2O4/c1-3-5-17-38(27(40)12-9-21-7-6-8-23(19-21)33(34,35)36)24-13-14-32(41)26-20-22-10-11-25(39)29-28(22)31(32,30(24)42-29)15-18-37(26)16-4-2/h4,6-12,19,24,26,30,39,41H,2-3,5,13-18,20H2,1H3/b12-9+/t24?,26-,30?,31+,32-/m1/s1. The van der Waals surface area contributed by atoms with E-state index in [4.69, 9.17) is 4.74 Å². The highest BCUT2D eigenvalue weighted by Crippen LogP contribution is 2.65. The molecule has 0 aromatic heterocycles. The molecule has 224 valence electrons. The number of nitrogens with zero attached hydrogens (tertiary/aromatic N) is 2. The maximum Gasteiger partial charge on any atom is 0.416 e. The Morgan fingerprint density at radius 3 is 2.81 bits per heavy atom. The molecule has 2 heterocycles. The van der Waals surface area contributed by atoms with Gasteiger partial charge in [-0.2, -0.15) is 13.2 Å². The first-order valence-corrected chi connectivity index (χ1v) is 14.8. The van der Waals surface area contributed by atoms with Crippen LogP contribution in [0.5, 0.6) is 11.5 Å². The van der Waals surface area contributed by atoms with Crippen LogP contribution in [0.4, 0.5) is 13.2 Å². The fourth-order valence-corrected chi connectivity index (χ4v) is 8.16. The number of hydrogen-bond acceptors (Lipinski definition) is 5. The molecule has 42 heavy (non-hydrogen) atoms. The van der Waals surface area contributed by atoms with Crippen molar-refractivity contribution < 1.29 is 32.9 Å². The Morgan fingerprint density at radius 1 is 1.26 bits per heavy atom. The van der Waals surface area contributed by atoms with Crippen molar-refractivity contribution in [1.82, 2.24) is 9.80 Å². The van der Waals surface area contributed by atoms with Crippen molar-refractivity contribution in [3.8, 4) is 11.5 Å². The minimum absolute atomic E-state index is 0.0291. The molecule has 1 amide bonds. The fourth-order valence-electron chi connectivity index (χ4n) is 8.16. The summed E-state index contributed by atoms with van der Waals surface area (Å²) in [6.07, 6.45) is 3.35. The molecule has 2 N–H and O–H groups in total. The Kier molecular flexibility index (Phi) is 7.17. The van der Waals surface area contributed by atoms with Gasteiger partial charge in [0.15, 0.2) is 11.5 Å². The van der Waals surface area contributed by atoms with E-state index >= 15 is 0 Å². The topological polar surface area (TPSA) is 73.2 Å². The number of amides is 1. The van der Waals surface area contributed by atoms with E-state index in [1.165, 1.54) is 24.3 Å². The number of phenolic OH excluding ortho intramolecular Hbond substituents is 1. The van der Waals surface area contributed by atoms with Crippen molar-refractivity contribution >= 4 is 12.0 Å². The summed E-state index contributed by atoms with van der Waals surface area (Å²) in [5, 5.41) is 23.5. The summed E-state index contributed by atoms with van der Waals surface area (Å²) in [5.41, 5.74) is -0.478. The molecule has 0 radical (unpaired) electrons. The summed E-state index contributed by atoms with van der Waals surface area (Å²) in [5.74, 6) is 0.121. The van der Waals surface area contributed by atoms with Crippen molar-refractivity contribution in [2.45, 2.75) is 80.8 Å². The van der Waals surface area contributed by atoms with Gasteiger partial charge >= 0.3 is 6.18 Å². The van der Waals surface area contributed by atoms with E-state index in [2.05, 4.69) is 11.5 Å². The van der Waals surface area contributed by atoms with E-state index in [1.807, 2.05) is 19.1 Å². The Bertz CT molecular complexity index is 1420. The van der Waals surface area contributed by atoms with E-state index in [0.29, 0.717) is 44.5 Å². The predicted octanol–water partition coefficient (Wildman–Crippen LogP) is 5.46. The number of phenols is 1. The lowest BCUT2D eigenvalue weighted by Crippen LogP contribution is -2.78. The van der Waals surface area contributed by atoms with Crippen molar-refractivity contribution in [3.05, 3.63) is 77.4 Å². The van der Waals surface area contributed by atoms with Crippen LogP contribution >= 0.6 is 0 Å². The number of unbranched alkanes of at least 4 members (excludes halogenated alkanes) is 1. The highest BCUT2D eigenvalue weighted by molar-refractivity contribution is 5.92. The molecule has 6 nitrogen and oxygen atoms in total. The normalized spacial score (nSPS) is 29.7. The molecule has 2 bridgehead atoms. The van der Waals surface area contributed by atoms with Crippen LogP contribution in [0.1, 0.15) is 61.3 Å². The summed E-state index contributed by atoms with van der Waals surface area (Å²) in [4.78, 5) is 17.9. The summed E-state index contributed by atoms with van der Waals surface area (Å²) in [7, 11) is 0. The molecule has 6 rings (SSSR count). The Labute approximate surface area is 244 Å². The first kappa shape index (κ1) is 28.8. The summed E-state index contributed by atoms with van der Waals surface area (Å²) >= 11 is 0. The number of carbonyl (C=O) groups excluding carboxylic acids is 1. The van der Waals surface area contributed by atoms with Crippen molar-refractivity contribution in [1.29, 1.82) is 0 Å². The molecule has 2 fully saturated rings. The number of hydrogen-bond donors (Lipinski definition) is 2. The van der Waals surface area contributed by atoms with Gasteiger partial charge in [-0.15, -0.1) is 6.58 Å². The molecular formula is C33H37F3N2O4. The molecule has 2 unspecified atom stereocenters. The number of benzene rings is 2. The summed E-state index contributed by atoms with van der Waals surface area (Å²) < 4.78 is 46.4. The van der Waals surface area contributed by atoms with Crippen LogP contribution in [-0.2, 0) is 22.8 Å². The zero-order chi connectivity index (χ0) is 29.9. The number of aromatic hydroxyl groups is 1. The lowest BCUT2D eigenvalue weighted by atomic mass is 9.48. The van der Waals surface area contributed by atoms with Crippen LogP contribution in [0.2, 0.25) is 0 Å². The van der Waals surface area contributed by atoms with Crippen LogP contribution in [0.25, 0.3) is 6.08 Å². The van der Waals surface area contributed by atoms with Crippen molar-refractivity contribution in [2.24, 2.45) is 0 Å². The van der Waals surface area contributed by atoms with Crippen LogP contribution in [0.15, 0.2) is 55.1 Å². The van der Waals surface area contributed by atoms with Crippen LogP contribution in [0, 0.1) is 0 Å². The molecule has 4 aliphatic rings. The van der Waals surface area contributed by atoms with Crippen molar-refractivity contribution in [2.75, 3.05) is 19.6 Å². The van der Waals surface area contributed by atoms with E-state index in [1.54, 1.807) is 11.0 Å². The molecule has 1 saturated heterocycles. The van der Waals surface area contributed by atoms with Crippen LogP contribution in [-0.4, -0.2) is 69.3 Å². The van der Waals surface area contributed by atoms with Crippen LogP contribution < -0.4 is 4.74 Å². The van der Waals surface area contributed by atoms with E-state index in [-0.39, 0.29) is 29.3 Å². The molecule has 2 aromatic rings.